The number of rotatable bonds is 7. The van der Waals surface area contributed by atoms with E-state index in [-0.39, 0.29) is 24.4 Å². The van der Waals surface area contributed by atoms with Crippen LogP contribution in [0.5, 0.6) is 5.88 Å². The standard InChI is InChI=1S/C24H22F2N4O3S/c25-20-10-18(30-14-19(33-24(30)31)15-32-22-12-27-34-28-22)11-21(26)23(20)17-6-8-29(9-7-17)13-16-4-2-1-3-5-16/h1-6,10-12,19H,7-9,13-15H2. The zero-order valence-electron chi connectivity index (χ0n) is 18.2. The Bertz CT molecular complexity index is 1170. The van der Waals surface area contributed by atoms with Gasteiger partial charge in [0.25, 0.3) is 0 Å². The van der Waals surface area contributed by atoms with Crippen LogP contribution >= 0.6 is 11.7 Å². The molecule has 1 unspecified atom stereocenters. The van der Waals surface area contributed by atoms with Gasteiger partial charge in [-0.2, -0.15) is 4.37 Å². The number of carbonyl (C=O) groups is 1. The van der Waals surface area contributed by atoms with Gasteiger partial charge in [0.1, 0.15) is 24.4 Å². The summed E-state index contributed by atoms with van der Waals surface area (Å²) in [5.41, 5.74) is 1.92. The van der Waals surface area contributed by atoms with Crippen molar-refractivity contribution in [1.82, 2.24) is 13.6 Å². The molecule has 1 fully saturated rings. The number of ether oxygens (including phenoxy) is 2. The number of hydrogen-bond donors (Lipinski definition) is 0. The predicted molar refractivity (Wildman–Crippen MR) is 124 cm³/mol. The Labute approximate surface area is 199 Å². The lowest BCUT2D eigenvalue weighted by Gasteiger charge is -2.27. The van der Waals surface area contributed by atoms with Gasteiger partial charge in [-0.1, -0.05) is 36.4 Å². The first-order valence-corrected chi connectivity index (χ1v) is 11.6. The number of aromatic nitrogens is 2. The molecule has 3 heterocycles. The fourth-order valence-electron chi connectivity index (χ4n) is 4.16. The van der Waals surface area contributed by atoms with E-state index in [1.807, 2.05) is 24.3 Å². The summed E-state index contributed by atoms with van der Waals surface area (Å²) in [6, 6.07) is 12.5. The minimum absolute atomic E-state index is 0.0356. The molecule has 7 nitrogen and oxygen atoms in total. The molecule has 34 heavy (non-hydrogen) atoms. The highest BCUT2D eigenvalue weighted by atomic mass is 32.1. The van der Waals surface area contributed by atoms with Gasteiger partial charge in [0.2, 0.25) is 5.88 Å². The highest BCUT2D eigenvalue weighted by Gasteiger charge is 2.34. The molecule has 1 saturated heterocycles. The first-order chi connectivity index (χ1) is 16.6. The monoisotopic (exact) mass is 484 g/mol. The Hall–Kier alpha value is -3.37. The van der Waals surface area contributed by atoms with Crippen LogP contribution in [0.4, 0.5) is 19.3 Å². The summed E-state index contributed by atoms with van der Waals surface area (Å²) < 4.78 is 48.5. The van der Waals surface area contributed by atoms with Gasteiger partial charge in [-0.25, -0.2) is 13.6 Å². The largest absolute Gasteiger partial charge is 0.472 e. The highest BCUT2D eigenvalue weighted by Crippen LogP contribution is 2.32. The molecule has 0 radical (unpaired) electrons. The van der Waals surface area contributed by atoms with Crippen LogP contribution in [0.3, 0.4) is 0 Å². The molecule has 176 valence electrons. The van der Waals surface area contributed by atoms with Crippen LogP contribution in [0.15, 0.2) is 54.7 Å². The first kappa shape index (κ1) is 22.4. The molecule has 1 amide bonds. The molecule has 0 aliphatic carbocycles. The average molecular weight is 485 g/mol. The summed E-state index contributed by atoms with van der Waals surface area (Å²) in [5.74, 6) is -1.05. The number of hydrogen-bond acceptors (Lipinski definition) is 7. The molecule has 0 saturated carbocycles. The molecule has 2 aliphatic rings. The van der Waals surface area contributed by atoms with Gasteiger partial charge in [-0.3, -0.25) is 9.80 Å². The fourth-order valence-corrected chi connectivity index (χ4v) is 4.53. The molecule has 0 spiro atoms. The van der Waals surface area contributed by atoms with Crippen LogP contribution in [-0.2, 0) is 11.3 Å². The van der Waals surface area contributed by atoms with Crippen LogP contribution in [0.25, 0.3) is 5.57 Å². The van der Waals surface area contributed by atoms with Crippen molar-refractivity contribution in [3.05, 3.63) is 77.5 Å². The number of benzene rings is 2. The second-order valence-corrected chi connectivity index (χ2v) is 8.71. The molecule has 1 aromatic heterocycles. The van der Waals surface area contributed by atoms with Crippen molar-refractivity contribution < 1.29 is 23.0 Å². The van der Waals surface area contributed by atoms with Crippen molar-refractivity contribution in [1.29, 1.82) is 0 Å². The van der Waals surface area contributed by atoms with E-state index in [4.69, 9.17) is 9.47 Å². The van der Waals surface area contributed by atoms with Crippen molar-refractivity contribution in [2.45, 2.75) is 19.1 Å². The quantitative estimate of drug-likeness (QED) is 0.492. The van der Waals surface area contributed by atoms with Crippen molar-refractivity contribution in [2.24, 2.45) is 0 Å². The molecule has 1 atom stereocenters. The van der Waals surface area contributed by atoms with E-state index in [2.05, 4.69) is 25.8 Å². The van der Waals surface area contributed by atoms with Gasteiger partial charge in [-0.15, -0.1) is 4.37 Å². The second kappa shape index (κ2) is 9.86. The maximum Gasteiger partial charge on any atom is 0.414 e. The lowest BCUT2D eigenvalue weighted by atomic mass is 9.97. The number of halogens is 2. The van der Waals surface area contributed by atoms with Gasteiger partial charge < -0.3 is 9.47 Å². The number of cyclic esters (lactones) is 1. The minimum atomic E-state index is -0.696. The molecule has 0 N–H and O–H groups in total. The topological polar surface area (TPSA) is 67.8 Å². The van der Waals surface area contributed by atoms with Crippen LogP contribution in [0.2, 0.25) is 0 Å². The van der Waals surface area contributed by atoms with E-state index in [0.29, 0.717) is 31.0 Å². The zero-order chi connectivity index (χ0) is 23.5. The van der Waals surface area contributed by atoms with E-state index in [1.165, 1.54) is 28.8 Å². The van der Waals surface area contributed by atoms with E-state index >= 15 is 8.78 Å². The summed E-state index contributed by atoms with van der Waals surface area (Å²) in [6.07, 6.45) is 2.61. The third kappa shape index (κ3) is 4.92. The molecule has 0 bridgehead atoms. The Morgan fingerprint density at radius 2 is 1.97 bits per heavy atom. The summed E-state index contributed by atoms with van der Waals surface area (Å²) in [7, 11) is 0. The Morgan fingerprint density at radius 3 is 2.65 bits per heavy atom. The van der Waals surface area contributed by atoms with Crippen LogP contribution in [0, 0.1) is 11.6 Å². The molecule has 2 aromatic carbocycles. The molecule has 10 heteroatoms. The fraction of sp³-hybridized carbons (Fsp3) is 0.292. The second-order valence-electron chi connectivity index (χ2n) is 8.16. The zero-order valence-corrected chi connectivity index (χ0v) is 19.0. The van der Waals surface area contributed by atoms with Crippen molar-refractivity contribution >= 4 is 29.1 Å². The summed E-state index contributed by atoms with van der Waals surface area (Å²) in [6.45, 7) is 2.29. The summed E-state index contributed by atoms with van der Waals surface area (Å²) >= 11 is 1.00. The lowest BCUT2D eigenvalue weighted by molar-refractivity contribution is 0.103. The van der Waals surface area contributed by atoms with Crippen molar-refractivity contribution in [2.75, 3.05) is 31.1 Å². The molecule has 3 aromatic rings. The average Bonchev–Trinajstić information content (AvgIpc) is 3.48. The predicted octanol–water partition coefficient (Wildman–Crippen LogP) is 4.51. The van der Waals surface area contributed by atoms with E-state index in [1.54, 1.807) is 0 Å². The Balaban J connectivity index is 1.25. The van der Waals surface area contributed by atoms with Gasteiger partial charge >= 0.3 is 6.09 Å². The van der Waals surface area contributed by atoms with Gasteiger partial charge in [-0.05, 0) is 29.7 Å². The van der Waals surface area contributed by atoms with E-state index < -0.39 is 23.8 Å². The Kier molecular flexibility index (Phi) is 6.50. The third-order valence-electron chi connectivity index (χ3n) is 5.83. The van der Waals surface area contributed by atoms with Crippen molar-refractivity contribution in [3.8, 4) is 5.88 Å². The normalized spacial score (nSPS) is 18.6. The van der Waals surface area contributed by atoms with E-state index in [9.17, 15) is 4.79 Å². The minimum Gasteiger partial charge on any atom is -0.472 e. The maximum atomic E-state index is 15.0. The van der Waals surface area contributed by atoms with Crippen molar-refractivity contribution in [3.63, 3.8) is 0 Å². The third-order valence-corrected chi connectivity index (χ3v) is 6.30. The number of carbonyl (C=O) groups excluding carboxylic acids is 1. The molecular weight excluding hydrogens is 462 g/mol. The lowest BCUT2D eigenvalue weighted by Crippen LogP contribution is -2.28. The molecule has 2 aliphatic heterocycles. The van der Waals surface area contributed by atoms with E-state index in [0.717, 1.165) is 18.3 Å². The van der Waals surface area contributed by atoms with Crippen LogP contribution in [0.1, 0.15) is 17.5 Å². The number of anilines is 1. The number of nitrogens with zero attached hydrogens (tertiary/aromatic N) is 4. The van der Waals surface area contributed by atoms with Gasteiger partial charge in [0.15, 0.2) is 6.10 Å². The SMILES string of the molecule is O=C1OC(COc2cnsn2)CN1c1cc(F)c(C2=CCN(Cc3ccccc3)CC2)c(F)c1. The molecule has 5 rings (SSSR count). The summed E-state index contributed by atoms with van der Waals surface area (Å²) in [5, 5.41) is 0. The summed E-state index contributed by atoms with van der Waals surface area (Å²) in [4.78, 5) is 15.7. The molecular formula is C24H22F2N4O3S. The van der Waals surface area contributed by atoms with Gasteiger partial charge in [0, 0.05) is 25.2 Å². The van der Waals surface area contributed by atoms with Gasteiger partial charge in [0.05, 0.1) is 24.0 Å². The Morgan fingerprint density at radius 1 is 1.18 bits per heavy atom. The smallest absolute Gasteiger partial charge is 0.414 e. The van der Waals surface area contributed by atoms with Crippen LogP contribution < -0.4 is 9.64 Å². The maximum absolute atomic E-state index is 15.0. The van der Waals surface area contributed by atoms with Crippen LogP contribution in [-0.4, -0.2) is 52.1 Å². The number of amides is 1. The first-order valence-electron chi connectivity index (χ1n) is 10.9. The highest BCUT2D eigenvalue weighted by molar-refractivity contribution is 6.99.